The lowest BCUT2D eigenvalue weighted by molar-refractivity contribution is -0.119. The second-order valence-electron chi connectivity index (χ2n) is 14.3. The smallest absolute Gasteiger partial charge is 0.317 e. The fraction of sp³-hybridized carbons (Fsp3) is 0.676. The van der Waals surface area contributed by atoms with Crippen LogP contribution >= 0.6 is 11.6 Å². The van der Waals surface area contributed by atoms with Crippen molar-refractivity contribution >= 4 is 35.2 Å². The van der Waals surface area contributed by atoms with Gasteiger partial charge in [0.05, 0.1) is 12.7 Å². The van der Waals surface area contributed by atoms with E-state index in [1.165, 1.54) is 11.1 Å². The van der Waals surface area contributed by atoms with E-state index in [0.717, 1.165) is 51.5 Å². The summed E-state index contributed by atoms with van der Waals surface area (Å²) in [5.41, 5.74) is 13.8. The highest BCUT2D eigenvalue weighted by Gasteiger charge is 2.31. The second kappa shape index (κ2) is 23.5. The highest BCUT2D eigenvalue weighted by molar-refractivity contribution is 6.31. The van der Waals surface area contributed by atoms with Gasteiger partial charge in [0.25, 0.3) is 5.91 Å². The molecular weight excluding hydrogens is 718 g/mol. The number of aromatic nitrogens is 2. The molecule has 1 saturated heterocycles. The Labute approximate surface area is 323 Å². The predicted octanol–water partition coefficient (Wildman–Crippen LogP) is 0.521. The number of urea groups is 1. The minimum atomic E-state index is -1.69. The number of nitrogens with two attached hydrogens (primary N) is 2. The van der Waals surface area contributed by atoms with Crippen LogP contribution in [0, 0.1) is 18.8 Å². The van der Waals surface area contributed by atoms with Crippen molar-refractivity contribution in [3.8, 4) is 0 Å². The zero-order chi connectivity index (χ0) is 39.6. The molecule has 54 heavy (non-hydrogen) atoms. The number of hydrogen-bond donors (Lipinski definition) is 10. The molecule has 12 N–H and O–H groups in total. The molecular formula is C37H62ClN9O7. The first-order chi connectivity index (χ1) is 25.8. The van der Waals surface area contributed by atoms with Crippen LogP contribution in [0.3, 0.4) is 0 Å². The molecule has 2 aromatic rings. The topological polar surface area (TPSA) is 256 Å². The number of carbonyl (C=O) groups is 2. The summed E-state index contributed by atoms with van der Waals surface area (Å²) in [5, 5.41) is 59.1. The first-order valence-electron chi connectivity index (χ1n) is 19.0. The summed E-state index contributed by atoms with van der Waals surface area (Å²) in [6, 6.07) is 8.00. The minimum Gasteiger partial charge on any atom is -0.394 e. The van der Waals surface area contributed by atoms with E-state index >= 15 is 0 Å². The lowest BCUT2D eigenvalue weighted by atomic mass is 9.94. The molecule has 0 spiro atoms. The highest BCUT2D eigenvalue weighted by Crippen LogP contribution is 2.19. The predicted molar refractivity (Wildman–Crippen MR) is 209 cm³/mol. The van der Waals surface area contributed by atoms with E-state index in [-0.39, 0.29) is 41.0 Å². The third-order valence-corrected chi connectivity index (χ3v) is 10.3. The van der Waals surface area contributed by atoms with Crippen molar-refractivity contribution in [1.82, 2.24) is 35.7 Å². The molecule has 2 heterocycles. The first kappa shape index (κ1) is 45.0. The van der Waals surface area contributed by atoms with Gasteiger partial charge in [-0.25, -0.2) is 14.8 Å². The van der Waals surface area contributed by atoms with E-state index in [1.54, 1.807) is 0 Å². The Kier molecular flexibility index (Phi) is 19.6. The number of anilines is 2. The van der Waals surface area contributed by atoms with Crippen molar-refractivity contribution in [3.05, 3.63) is 46.2 Å². The minimum absolute atomic E-state index is 0.0374. The van der Waals surface area contributed by atoms with Crippen LogP contribution in [0.2, 0.25) is 5.15 Å². The molecule has 5 unspecified atom stereocenters. The number of unbranched alkanes of at least 4 members (excludes halogenated alkanes) is 3. The van der Waals surface area contributed by atoms with Crippen molar-refractivity contribution in [2.75, 3.05) is 77.0 Å². The van der Waals surface area contributed by atoms with Crippen molar-refractivity contribution in [2.24, 2.45) is 11.8 Å². The lowest BCUT2D eigenvalue weighted by Gasteiger charge is -2.33. The van der Waals surface area contributed by atoms with Crippen LogP contribution in [0.15, 0.2) is 24.3 Å². The number of amides is 3. The summed E-state index contributed by atoms with van der Waals surface area (Å²) in [7, 11) is 0. The van der Waals surface area contributed by atoms with E-state index in [1.807, 2.05) is 21.9 Å². The number of piperidine rings is 1. The molecule has 5 atom stereocenters. The van der Waals surface area contributed by atoms with Gasteiger partial charge in [-0.05, 0) is 75.2 Å². The number of likely N-dealkylation sites (tertiary alicyclic amines) is 1. The number of aliphatic hydroxyl groups is 5. The van der Waals surface area contributed by atoms with Gasteiger partial charge in [0.2, 0.25) is 0 Å². The van der Waals surface area contributed by atoms with E-state index < -0.39 is 36.9 Å². The summed E-state index contributed by atoms with van der Waals surface area (Å²) in [6.45, 7) is 7.90. The highest BCUT2D eigenvalue weighted by atomic mass is 35.5. The van der Waals surface area contributed by atoms with Crippen LogP contribution in [-0.4, -0.2) is 147 Å². The van der Waals surface area contributed by atoms with Crippen LogP contribution in [0.4, 0.5) is 16.4 Å². The molecule has 1 aliphatic heterocycles. The fourth-order valence-corrected chi connectivity index (χ4v) is 6.68. The van der Waals surface area contributed by atoms with Gasteiger partial charge in [0.1, 0.15) is 18.3 Å². The number of nitrogen functional groups attached to an aromatic ring is 2. The number of hydrogen-bond acceptors (Lipinski definition) is 13. The van der Waals surface area contributed by atoms with E-state index in [0.29, 0.717) is 51.7 Å². The van der Waals surface area contributed by atoms with Gasteiger partial charge in [0, 0.05) is 39.3 Å². The van der Waals surface area contributed by atoms with Crippen LogP contribution in [0.1, 0.15) is 67.1 Å². The summed E-state index contributed by atoms with van der Waals surface area (Å²) in [4.78, 5) is 37.6. The van der Waals surface area contributed by atoms with Gasteiger partial charge in [-0.3, -0.25) is 9.69 Å². The number of aliphatic hydroxyl groups excluding tert-OH is 5. The monoisotopic (exact) mass is 779 g/mol. The molecule has 1 fully saturated rings. The number of carbonyl (C=O) groups excluding carboxylic acids is 2. The third kappa shape index (κ3) is 14.7. The van der Waals surface area contributed by atoms with Crippen LogP contribution in [-0.2, 0) is 6.42 Å². The Morgan fingerprint density at radius 2 is 1.67 bits per heavy atom. The maximum absolute atomic E-state index is 13.0. The van der Waals surface area contributed by atoms with Crippen molar-refractivity contribution < 1.29 is 35.1 Å². The first-order valence-corrected chi connectivity index (χ1v) is 19.4. The standard InChI is InChI=1S/C37H62ClN9O7/c1-3-4-5-8-14-46(22-28(49)31(51)32(52)29(50)23-48)17-13-42-37(54)47-15-11-25(12-16-47)19-41-20-26(18-27-10-7-6-9-24(27)2)21-43-36(53)30-34(39)45-35(40)33(38)44-30/h6-7,9-10,25-26,28-29,31-32,41,48-52H,3-5,8,11-23H2,1-2H3,(H,42,54)(H,43,53)(H4,39,40,45). The second-order valence-corrected chi connectivity index (χ2v) is 14.7. The number of halogens is 1. The number of aryl methyl sites for hydroxylation is 1. The van der Waals surface area contributed by atoms with Crippen LogP contribution in [0.5, 0.6) is 0 Å². The van der Waals surface area contributed by atoms with Crippen molar-refractivity contribution in [3.63, 3.8) is 0 Å². The van der Waals surface area contributed by atoms with Gasteiger partial charge < -0.3 is 57.9 Å². The maximum atomic E-state index is 13.0. The Bertz CT molecular complexity index is 1440. The Balaban J connectivity index is 1.46. The molecule has 3 rings (SSSR count). The molecule has 0 radical (unpaired) electrons. The maximum Gasteiger partial charge on any atom is 0.317 e. The number of rotatable bonds is 23. The van der Waals surface area contributed by atoms with Crippen molar-refractivity contribution in [2.45, 2.75) is 83.2 Å². The Morgan fingerprint density at radius 1 is 0.963 bits per heavy atom. The number of benzene rings is 1. The van der Waals surface area contributed by atoms with Gasteiger partial charge in [0.15, 0.2) is 22.5 Å². The van der Waals surface area contributed by atoms with E-state index in [9.17, 15) is 30.0 Å². The molecule has 1 aliphatic rings. The van der Waals surface area contributed by atoms with Gasteiger partial charge in [-0.1, -0.05) is 62.1 Å². The van der Waals surface area contributed by atoms with Crippen molar-refractivity contribution in [1.29, 1.82) is 0 Å². The van der Waals surface area contributed by atoms with Crippen LogP contribution < -0.4 is 27.4 Å². The zero-order valence-corrected chi connectivity index (χ0v) is 32.4. The quantitative estimate of drug-likeness (QED) is 0.0692. The summed E-state index contributed by atoms with van der Waals surface area (Å²) in [6.07, 6.45) is 0.202. The molecule has 17 heteroatoms. The zero-order valence-electron chi connectivity index (χ0n) is 31.7. The Morgan fingerprint density at radius 3 is 2.35 bits per heavy atom. The average molecular weight is 780 g/mol. The molecule has 0 saturated carbocycles. The Hall–Kier alpha value is -3.35. The number of nitrogens with zero attached hydrogens (tertiary/aromatic N) is 4. The average Bonchev–Trinajstić information content (AvgIpc) is 3.16. The molecule has 304 valence electrons. The largest absolute Gasteiger partial charge is 0.394 e. The van der Waals surface area contributed by atoms with Gasteiger partial charge >= 0.3 is 6.03 Å². The SMILES string of the molecule is CCCCCCN(CCNC(=O)N1CCC(CNCC(CNC(=O)c2nc(Cl)c(N)nc2N)Cc2ccccc2C)CC1)CC(O)C(O)C(O)C(O)CO. The molecule has 1 aromatic heterocycles. The summed E-state index contributed by atoms with van der Waals surface area (Å²) in [5.74, 6) is -0.170. The summed E-state index contributed by atoms with van der Waals surface area (Å²) < 4.78 is 0. The molecule has 3 amide bonds. The number of nitrogens with one attached hydrogen (secondary N) is 3. The molecule has 0 aliphatic carbocycles. The van der Waals surface area contributed by atoms with Gasteiger partial charge in [-0.2, -0.15) is 0 Å². The molecule has 16 nitrogen and oxygen atoms in total. The molecule has 0 bridgehead atoms. The fourth-order valence-electron chi connectivity index (χ4n) is 6.55. The van der Waals surface area contributed by atoms with Gasteiger partial charge in [-0.15, -0.1) is 0 Å². The summed E-state index contributed by atoms with van der Waals surface area (Å²) >= 11 is 5.98. The van der Waals surface area contributed by atoms with E-state index in [2.05, 4.69) is 51.9 Å². The third-order valence-electron chi connectivity index (χ3n) is 10.0. The molecule has 1 aromatic carbocycles. The normalized spacial score (nSPS) is 16.5. The lowest BCUT2D eigenvalue weighted by Crippen LogP contribution is -2.51. The van der Waals surface area contributed by atoms with E-state index in [4.69, 9.17) is 28.2 Å². The van der Waals surface area contributed by atoms with Crippen LogP contribution in [0.25, 0.3) is 0 Å².